The molecule has 86 valence electrons. The van der Waals surface area contributed by atoms with Gasteiger partial charge in [-0.25, -0.2) is 8.78 Å². The number of halogens is 5. The summed E-state index contributed by atoms with van der Waals surface area (Å²) in [4.78, 5) is 0. The molecule has 0 fully saturated rings. The molecule has 1 rings (SSSR count). The number of alkyl halides is 5. The highest BCUT2D eigenvalue weighted by Crippen LogP contribution is 2.28. The lowest BCUT2D eigenvalue weighted by Crippen LogP contribution is -2.17. The molecule has 0 amide bonds. The number of hydrogen-bond acceptors (Lipinski definition) is 2. The Bertz CT molecular complexity index is 421. The quantitative estimate of drug-likeness (QED) is 0.738. The normalized spacial score (nSPS) is 11.3. The molecule has 0 aliphatic carbocycles. The zero-order valence-electron chi connectivity index (χ0n) is 7.55. The highest BCUT2D eigenvalue weighted by atomic mass is 19.4. The summed E-state index contributed by atoms with van der Waals surface area (Å²) in [7, 11) is 0. The van der Waals surface area contributed by atoms with Crippen molar-refractivity contribution in [3.63, 3.8) is 0 Å². The van der Waals surface area contributed by atoms with Crippen molar-refractivity contribution in [2.75, 3.05) is 0 Å². The van der Waals surface area contributed by atoms with Crippen LogP contribution in [0.25, 0.3) is 0 Å². The van der Waals surface area contributed by atoms with Crippen LogP contribution in [0.2, 0.25) is 0 Å². The lowest BCUT2D eigenvalue weighted by atomic mass is 10.1. The van der Waals surface area contributed by atoms with Crippen LogP contribution in [0.1, 0.15) is 17.6 Å². The van der Waals surface area contributed by atoms with Crippen LogP contribution in [-0.4, -0.2) is 6.36 Å². The molecule has 0 aromatic heterocycles. The van der Waals surface area contributed by atoms with Crippen LogP contribution in [0, 0.1) is 11.3 Å². The molecule has 0 saturated carbocycles. The van der Waals surface area contributed by atoms with E-state index in [1.165, 1.54) is 6.07 Å². The highest BCUT2D eigenvalue weighted by Gasteiger charge is 2.31. The zero-order valence-corrected chi connectivity index (χ0v) is 7.55. The van der Waals surface area contributed by atoms with Crippen molar-refractivity contribution in [2.24, 2.45) is 0 Å². The Labute approximate surface area is 86.9 Å². The first-order valence-corrected chi connectivity index (χ1v) is 3.91. The highest BCUT2D eigenvalue weighted by molar-refractivity contribution is 5.41. The third-order valence-electron chi connectivity index (χ3n) is 1.54. The third-order valence-corrected chi connectivity index (χ3v) is 1.54. The van der Waals surface area contributed by atoms with Gasteiger partial charge in [0.05, 0.1) is 11.6 Å². The Morgan fingerprint density at radius 2 is 1.81 bits per heavy atom. The molecule has 1 aromatic carbocycles. The van der Waals surface area contributed by atoms with Crippen LogP contribution >= 0.6 is 0 Å². The van der Waals surface area contributed by atoms with Crippen LogP contribution in [0.3, 0.4) is 0 Å². The molecule has 0 radical (unpaired) electrons. The smallest absolute Gasteiger partial charge is 0.406 e. The molecule has 0 spiro atoms. The minimum Gasteiger partial charge on any atom is -0.406 e. The summed E-state index contributed by atoms with van der Waals surface area (Å²) < 4.78 is 63.4. The Hall–Kier alpha value is -1.84. The second-order valence-electron chi connectivity index (χ2n) is 2.75. The van der Waals surface area contributed by atoms with Gasteiger partial charge in [0.25, 0.3) is 6.43 Å². The van der Waals surface area contributed by atoms with E-state index >= 15 is 0 Å². The summed E-state index contributed by atoms with van der Waals surface area (Å²) in [6.45, 7) is 0. The van der Waals surface area contributed by atoms with Crippen LogP contribution in [0.5, 0.6) is 5.75 Å². The zero-order chi connectivity index (χ0) is 12.3. The number of ether oxygens (including phenoxy) is 1. The second kappa shape index (κ2) is 4.35. The largest absolute Gasteiger partial charge is 0.573 e. The van der Waals surface area contributed by atoms with Crippen molar-refractivity contribution in [2.45, 2.75) is 12.8 Å². The SMILES string of the molecule is N#Cc1cc(OC(F)(F)F)cc(C(F)F)c1. The molecule has 7 heteroatoms. The number of nitrogens with zero attached hydrogens (tertiary/aromatic N) is 1. The van der Waals surface area contributed by atoms with Gasteiger partial charge >= 0.3 is 6.36 Å². The maximum absolute atomic E-state index is 12.3. The third kappa shape index (κ3) is 3.38. The lowest BCUT2D eigenvalue weighted by Gasteiger charge is -2.10. The minimum atomic E-state index is -4.98. The Morgan fingerprint density at radius 1 is 1.19 bits per heavy atom. The van der Waals surface area contributed by atoms with E-state index in [0.29, 0.717) is 6.07 Å². The summed E-state index contributed by atoms with van der Waals surface area (Å²) in [5.41, 5.74) is -1.02. The van der Waals surface area contributed by atoms with Crippen LogP contribution in [-0.2, 0) is 0 Å². The summed E-state index contributed by atoms with van der Waals surface area (Å²) in [5, 5.41) is 8.43. The van der Waals surface area contributed by atoms with Crippen molar-refractivity contribution in [3.8, 4) is 11.8 Å². The first-order chi connectivity index (χ1) is 7.31. The number of benzene rings is 1. The molecular formula is C9H4F5NO. The Balaban J connectivity index is 3.11. The van der Waals surface area contributed by atoms with Crippen LogP contribution < -0.4 is 4.74 Å². The van der Waals surface area contributed by atoms with Crippen molar-refractivity contribution >= 4 is 0 Å². The fourth-order valence-corrected chi connectivity index (χ4v) is 1.01. The van der Waals surface area contributed by atoms with Gasteiger partial charge < -0.3 is 4.74 Å². The first kappa shape index (κ1) is 12.2. The van der Waals surface area contributed by atoms with E-state index in [9.17, 15) is 22.0 Å². The van der Waals surface area contributed by atoms with E-state index in [1.54, 1.807) is 0 Å². The molecule has 1 aromatic rings. The van der Waals surface area contributed by atoms with Crippen LogP contribution in [0.4, 0.5) is 22.0 Å². The van der Waals surface area contributed by atoms with E-state index < -0.39 is 24.1 Å². The predicted octanol–water partition coefficient (Wildman–Crippen LogP) is 3.39. The van der Waals surface area contributed by atoms with E-state index in [0.717, 1.165) is 12.1 Å². The van der Waals surface area contributed by atoms with E-state index in [1.807, 2.05) is 0 Å². The van der Waals surface area contributed by atoms with Gasteiger partial charge in [-0.2, -0.15) is 5.26 Å². The lowest BCUT2D eigenvalue weighted by molar-refractivity contribution is -0.274. The standard InChI is InChI=1S/C9H4F5NO/c10-8(11)6-1-5(4-15)2-7(3-6)16-9(12,13)14/h1-3,8H. The number of nitriles is 1. The van der Waals surface area contributed by atoms with E-state index in [-0.39, 0.29) is 5.56 Å². The minimum absolute atomic E-state index is 0.322. The number of rotatable bonds is 2. The van der Waals surface area contributed by atoms with Crippen molar-refractivity contribution in [1.82, 2.24) is 0 Å². The Kier molecular flexibility index (Phi) is 3.32. The van der Waals surface area contributed by atoms with Gasteiger partial charge in [0.1, 0.15) is 5.75 Å². The van der Waals surface area contributed by atoms with E-state index in [2.05, 4.69) is 4.74 Å². The maximum atomic E-state index is 12.3. The van der Waals surface area contributed by atoms with Crippen molar-refractivity contribution in [3.05, 3.63) is 29.3 Å². The molecule has 0 unspecified atom stereocenters. The predicted molar refractivity (Wildman–Crippen MR) is 42.8 cm³/mol. The fourth-order valence-electron chi connectivity index (χ4n) is 1.01. The average molecular weight is 237 g/mol. The maximum Gasteiger partial charge on any atom is 0.573 e. The number of hydrogen-bond donors (Lipinski definition) is 0. The summed E-state index contributed by atoms with van der Waals surface area (Å²) in [5.74, 6) is -0.832. The molecule has 0 aliphatic rings. The molecule has 2 nitrogen and oxygen atoms in total. The summed E-state index contributed by atoms with van der Waals surface area (Å²) in [6.07, 6.45) is -7.95. The van der Waals surface area contributed by atoms with E-state index in [4.69, 9.17) is 5.26 Å². The van der Waals surface area contributed by atoms with Gasteiger partial charge in [-0.05, 0) is 18.2 Å². The molecular weight excluding hydrogens is 233 g/mol. The fraction of sp³-hybridized carbons (Fsp3) is 0.222. The van der Waals surface area contributed by atoms with Gasteiger partial charge in [0, 0.05) is 5.56 Å². The molecule has 0 bridgehead atoms. The van der Waals surface area contributed by atoms with Crippen molar-refractivity contribution < 1.29 is 26.7 Å². The summed E-state index contributed by atoms with van der Waals surface area (Å²) >= 11 is 0. The van der Waals surface area contributed by atoms with Crippen LogP contribution in [0.15, 0.2) is 18.2 Å². The first-order valence-electron chi connectivity index (χ1n) is 3.91. The Morgan fingerprint density at radius 3 is 2.25 bits per heavy atom. The molecule has 0 saturated heterocycles. The van der Waals surface area contributed by atoms with Gasteiger partial charge in [0.2, 0.25) is 0 Å². The molecule has 0 N–H and O–H groups in total. The second-order valence-corrected chi connectivity index (χ2v) is 2.75. The molecule has 0 aliphatic heterocycles. The van der Waals surface area contributed by atoms with Gasteiger partial charge in [-0.15, -0.1) is 13.2 Å². The topological polar surface area (TPSA) is 33.0 Å². The molecule has 0 heterocycles. The molecule has 16 heavy (non-hydrogen) atoms. The van der Waals surface area contributed by atoms with Gasteiger partial charge in [-0.1, -0.05) is 0 Å². The van der Waals surface area contributed by atoms with Crippen molar-refractivity contribution in [1.29, 1.82) is 5.26 Å². The van der Waals surface area contributed by atoms with Gasteiger partial charge in [0.15, 0.2) is 0 Å². The molecule has 0 atom stereocenters. The summed E-state index contributed by atoms with van der Waals surface area (Å²) in [6, 6.07) is 3.54. The average Bonchev–Trinajstić information content (AvgIpc) is 2.14. The van der Waals surface area contributed by atoms with Gasteiger partial charge in [-0.3, -0.25) is 0 Å². The monoisotopic (exact) mass is 237 g/mol.